The molecule has 1 N–H and O–H groups in total. The first kappa shape index (κ1) is 26.6. The van der Waals surface area contributed by atoms with Gasteiger partial charge in [0.2, 0.25) is 5.91 Å². The van der Waals surface area contributed by atoms with Crippen molar-refractivity contribution in [2.45, 2.75) is 33.1 Å². The summed E-state index contributed by atoms with van der Waals surface area (Å²) in [4.78, 5) is 38.1. The number of hydrogen-bond acceptors (Lipinski definition) is 6. The molecule has 2 amide bonds. The first-order valence-corrected chi connectivity index (χ1v) is 11.5. The van der Waals surface area contributed by atoms with Crippen molar-refractivity contribution in [3.8, 4) is 5.69 Å². The van der Waals surface area contributed by atoms with Gasteiger partial charge in [-0.15, -0.1) is 0 Å². The molecule has 3 rings (SSSR count). The van der Waals surface area contributed by atoms with E-state index in [2.05, 4.69) is 5.32 Å². The van der Waals surface area contributed by atoms with Crippen LogP contribution in [0.4, 0.5) is 11.5 Å². The van der Waals surface area contributed by atoms with E-state index in [1.165, 1.54) is 36.3 Å². The van der Waals surface area contributed by atoms with Crippen LogP contribution in [0.1, 0.15) is 42.4 Å². The van der Waals surface area contributed by atoms with Crippen molar-refractivity contribution in [2.24, 2.45) is 0 Å². The molecule has 0 aliphatic rings. The molecule has 0 spiro atoms. The Morgan fingerprint density at radius 1 is 1.14 bits per heavy atom. The van der Waals surface area contributed by atoms with Crippen LogP contribution in [-0.4, -0.2) is 58.2 Å². The first-order valence-electron chi connectivity index (χ1n) is 11.5. The molecule has 1 heterocycles. The number of nitrogens with zero attached hydrogens (tertiary/aromatic N) is 4. The van der Waals surface area contributed by atoms with Crippen LogP contribution < -0.4 is 5.32 Å². The number of benzene rings is 2. The Bertz CT molecular complexity index is 1260. The second-order valence-electron chi connectivity index (χ2n) is 9.44. The molecule has 2 aromatic carbocycles. The Morgan fingerprint density at radius 3 is 2.50 bits per heavy atom. The summed E-state index contributed by atoms with van der Waals surface area (Å²) in [5.41, 5.74) is 2.27. The lowest BCUT2D eigenvalue weighted by atomic mass is 9.92. The van der Waals surface area contributed by atoms with Crippen molar-refractivity contribution in [3.05, 3.63) is 81.5 Å². The molecule has 0 saturated heterocycles. The minimum absolute atomic E-state index is 0.119. The highest BCUT2D eigenvalue weighted by Crippen LogP contribution is 2.27. The smallest absolute Gasteiger partial charge is 0.270 e. The summed E-state index contributed by atoms with van der Waals surface area (Å²) in [6.07, 6.45) is 0. The lowest BCUT2D eigenvalue weighted by Gasteiger charge is -2.22. The van der Waals surface area contributed by atoms with Crippen LogP contribution in [0.5, 0.6) is 0 Å². The number of aryl methyl sites for hydroxylation is 1. The molecule has 0 fully saturated rings. The van der Waals surface area contributed by atoms with Crippen LogP contribution in [-0.2, 0) is 14.9 Å². The number of nitro benzene ring substituents is 1. The van der Waals surface area contributed by atoms with E-state index in [1.54, 1.807) is 4.68 Å². The molecule has 0 bridgehead atoms. The van der Waals surface area contributed by atoms with Gasteiger partial charge in [-0.05, 0) is 24.6 Å². The number of methoxy groups -OCH3 is 1. The molecule has 0 radical (unpaired) electrons. The van der Waals surface area contributed by atoms with Gasteiger partial charge in [0.25, 0.3) is 11.6 Å². The molecule has 0 saturated carbocycles. The Balaban J connectivity index is 1.88. The van der Waals surface area contributed by atoms with E-state index in [0.717, 1.165) is 16.9 Å². The highest BCUT2D eigenvalue weighted by atomic mass is 16.6. The Hall–Kier alpha value is -4.05. The van der Waals surface area contributed by atoms with Gasteiger partial charge in [0.1, 0.15) is 12.4 Å². The maximum atomic E-state index is 13.1. The minimum atomic E-state index is -0.567. The van der Waals surface area contributed by atoms with Gasteiger partial charge in [0, 0.05) is 42.8 Å². The average Bonchev–Trinajstić information content (AvgIpc) is 3.25. The first-order chi connectivity index (χ1) is 17.0. The quantitative estimate of drug-likeness (QED) is 0.354. The van der Waals surface area contributed by atoms with Gasteiger partial charge in [-0.2, -0.15) is 5.10 Å². The SMILES string of the molecule is COCCN(CC(=O)Nc1cc(C(C)(C)C)nn1-c1ccccc1C)C(=O)c1cccc([N+](=O)[O-])c1. The number of carbonyl (C=O) groups is 2. The van der Waals surface area contributed by atoms with Gasteiger partial charge in [-0.25, -0.2) is 4.68 Å². The van der Waals surface area contributed by atoms with Crippen LogP contribution in [0.3, 0.4) is 0 Å². The molecule has 0 aliphatic carbocycles. The van der Waals surface area contributed by atoms with Crippen LogP contribution in [0.15, 0.2) is 54.6 Å². The lowest BCUT2D eigenvalue weighted by molar-refractivity contribution is -0.384. The van der Waals surface area contributed by atoms with Gasteiger partial charge in [-0.1, -0.05) is 45.0 Å². The average molecular weight is 494 g/mol. The zero-order chi connectivity index (χ0) is 26.5. The normalized spacial score (nSPS) is 11.2. The number of non-ortho nitro benzene ring substituents is 1. The maximum Gasteiger partial charge on any atom is 0.270 e. The third-order valence-corrected chi connectivity index (χ3v) is 5.58. The predicted octanol–water partition coefficient (Wildman–Crippen LogP) is 4.11. The number of para-hydroxylation sites is 1. The summed E-state index contributed by atoms with van der Waals surface area (Å²) in [6.45, 7) is 8.13. The highest BCUT2D eigenvalue weighted by Gasteiger charge is 2.24. The van der Waals surface area contributed by atoms with Crippen molar-refractivity contribution in [3.63, 3.8) is 0 Å². The van der Waals surface area contributed by atoms with Gasteiger partial charge < -0.3 is 15.0 Å². The van der Waals surface area contributed by atoms with E-state index < -0.39 is 16.7 Å². The maximum absolute atomic E-state index is 13.1. The summed E-state index contributed by atoms with van der Waals surface area (Å²) in [6, 6.07) is 15.0. The fourth-order valence-corrected chi connectivity index (χ4v) is 3.57. The van der Waals surface area contributed by atoms with Gasteiger partial charge in [0.15, 0.2) is 0 Å². The number of anilines is 1. The van der Waals surface area contributed by atoms with Crippen molar-refractivity contribution in [2.75, 3.05) is 32.1 Å². The van der Waals surface area contributed by atoms with Crippen LogP contribution >= 0.6 is 0 Å². The lowest BCUT2D eigenvalue weighted by Crippen LogP contribution is -2.40. The third kappa shape index (κ3) is 6.33. The van der Waals surface area contributed by atoms with E-state index in [4.69, 9.17) is 9.84 Å². The Kier molecular flexibility index (Phi) is 8.21. The van der Waals surface area contributed by atoms with E-state index in [9.17, 15) is 19.7 Å². The topological polar surface area (TPSA) is 120 Å². The monoisotopic (exact) mass is 493 g/mol. The Labute approximate surface area is 210 Å². The van der Waals surface area contributed by atoms with Gasteiger partial charge >= 0.3 is 0 Å². The fourth-order valence-electron chi connectivity index (χ4n) is 3.57. The van der Waals surface area contributed by atoms with E-state index in [1.807, 2.05) is 58.0 Å². The van der Waals surface area contributed by atoms with Gasteiger partial charge in [0.05, 0.1) is 22.9 Å². The number of hydrogen-bond donors (Lipinski definition) is 1. The number of aromatic nitrogens is 2. The summed E-state index contributed by atoms with van der Waals surface area (Å²) in [5.74, 6) is -0.456. The van der Waals surface area contributed by atoms with Crippen LogP contribution in [0.25, 0.3) is 5.69 Å². The molecule has 190 valence electrons. The fraction of sp³-hybridized carbons (Fsp3) is 0.346. The molecular formula is C26H31N5O5. The number of nitro groups is 1. The molecule has 3 aromatic rings. The van der Waals surface area contributed by atoms with Crippen LogP contribution in [0, 0.1) is 17.0 Å². The number of nitrogens with one attached hydrogen (secondary N) is 1. The predicted molar refractivity (Wildman–Crippen MR) is 137 cm³/mol. The molecule has 36 heavy (non-hydrogen) atoms. The number of carbonyl (C=O) groups excluding carboxylic acids is 2. The van der Waals surface area contributed by atoms with Crippen LogP contribution in [0.2, 0.25) is 0 Å². The second-order valence-corrected chi connectivity index (χ2v) is 9.44. The molecule has 0 atom stereocenters. The van der Waals surface area contributed by atoms with Crippen molar-refractivity contribution < 1.29 is 19.2 Å². The molecule has 10 heteroatoms. The summed E-state index contributed by atoms with van der Waals surface area (Å²) >= 11 is 0. The summed E-state index contributed by atoms with van der Waals surface area (Å²) in [5, 5.41) is 18.8. The van der Waals surface area contributed by atoms with Gasteiger partial charge in [-0.3, -0.25) is 19.7 Å². The summed E-state index contributed by atoms with van der Waals surface area (Å²) in [7, 11) is 1.49. The Morgan fingerprint density at radius 2 is 1.86 bits per heavy atom. The van der Waals surface area contributed by atoms with E-state index in [0.29, 0.717) is 5.82 Å². The zero-order valence-electron chi connectivity index (χ0n) is 21.1. The molecule has 0 unspecified atom stereocenters. The number of ether oxygens (including phenoxy) is 1. The molecule has 10 nitrogen and oxygen atoms in total. The number of rotatable bonds is 9. The second kappa shape index (κ2) is 11.1. The minimum Gasteiger partial charge on any atom is -0.383 e. The summed E-state index contributed by atoms with van der Waals surface area (Å²) < 4.78 is 6.79. The van der Waals surface area contributed by atoms with Crippen molar-refractivity contribution in [1.29, 1.82) is 0 Å². The highest BCUT2D eigenvalue weighted by molar-refractivity contribution is 5.99. The largest absolute Gasteiger partial charge is 0.383 e. The standard InChI is InChI=1S/C26H31N5O5/c1-18-9-6-7-12-21(18)30-23(16-22(28-30)26(2,3)4)27-24(32)17-29(13-14-36-5)25(33)19-10-8-11-20(15-19)31(34)35/h6-12,15-16H,13-14,17H2,1-5H3,(H,27,32). The molecule has 0 aliphatic heterocycles. The van der Waals surface area contributed by atoms with Crippen molar-refractivity contribution >= 4 is 23.3 Å². The van der Waals surface area contributed by atoms with E-state index in [-0.39, 0.29) is 36.4 Å². The zero-order valence-corrected chi connectivity index (χ0v) is 21.1. The van der Waals surface area contributed by atoms with Crippen molar-refractivity contribution in [1.82, 2.24) is 14.7 Å². The molecule has 1 aromatic heterocycles. The van der Waals surface area contributed by atoms with E-state index >= 15 is 0 Å². The third-order valence-electron chi connectivity index (χ3n) is 5.58. The molecular weight excluding hydrogens is 462 g/mol. The number of amides is 2.